The van der Waals surface area contributed by atoms with Crippen LogP contribution in [0.3, 0.4) is 0 Å². The van der Waals surface area contributed by atoms with E-state index in [1.165, 1.54) is 11.0 Å². The number of amides is 1. The quantitative estimate of drug-likeness (QED) is 0.813. The van der Waals surface area contributed by atoms with Crippen LogP contribution in [0, 0.1) is 5.92 Å². The molecule has 3 rings (SSSR count). The minimum absolute atomic E-state index is 0.0516. The molecule has 128 valence electrons. The van der Waals surface area contributed by atoms with Crippen molar-refractivity contribution in [2.24, 2.45) is 5.92 Å². The molecule has 1 amide bonds. The van der Waals surface area contributed by atoms with Crippen molar-refractivity contribution < 1.29 is 9.53 Å². The number of methoxy groups -OCH3 is 1. The van der Waals surface area contributed by atoms with Crippen molar-refractivity contribution in [3.8, 4) is 11.4 Å². The highest BCUT2D eigenvalue weighted by Crippen LogP contribution is 2.33. The number of hydrogen-bond donors (Lipinski definition) is 0. The van der Waals surface area contributed by atoms with Gasteiger partial charge in [-0.25, -0.2) is 0 Å². The van der Waals surface area contributed by atoms with Gasteiger partial charge in [0.25, 0.3) is 5.91 Å². The van der Waals surface area contributed by atoms with Gasteiger partial charge in [-0.3, -0.25) is 4.79 Å². The van der Waals surface area contributed by atoms with E-state index in [2.05, 4.69) is 36.3 Å². The number of benzene rings is 1. The first-order chi connectivity index (χ1) is 11.5. The number of nitrogens with zero attached hydrogens (tertiary/aromatic N) is 5. The number of hydrogen-bond acceptors (Lipinski definition) is 5. The molecule has 1 saturated carbocycles. The van der Waals surface area contributed by atoms with Crippen LogP contribution in [-0.2, 0) is 0 Å². The predicted molar refractivity (Wildman–Crippen MR) is 89.2 cm³/mol. The fourth-order valence-electron chi connectivity index (χ4n) is 2.78. The SMILES string of the molecule is COc1ccc(C(=O)N(C2CC2)[C@H](C)C(C)C)cc1-n1cnnn1. The van der Waals surface area contributed by atoms with E-state index in [4.69, 9.17) is 4.74 Å². The molecule has 7 heteroatoms. The van der Waals surface area contributed by atoms with Crippen molar-refractivity contribution >= 4 is 5.91 Å². The van der Waals surface area contributed by atoms with Crippen molar-refractivity contribution in [3.63, 3.8) is 0 Å². The fourth-order valence-corrected chi connectivity index (χ4v) is 2.78. The van der Waals surface area contributed by atoms with E-state index in [1.54, 1.807) is 25.3 Å². The van der Waals surface area contributed by atoms with Crippen molar-refractivity contribution in [1.29, 1.82) is 0 Å². The maximum absolute atomic E-state index is 13.1. The Morgan fingerprint density at radius 2 is 2.08 bits per heavy atom. The van der Waals surface area contributed by atoms with Crippen LogP contribution in [0.1, 0.15) is 44.0 Å². The number of rotatable bonds is 6. The Balaban J connectivity index is 1.96. The molecule has 24 heavy (non-hydrogen) atoms. The van der Waals surface area contributed by atoms with Crippen molar-refractivity contribution in [2.75, 3.05) is 7.11 Å². The van der Waals surface area contributed by atoms with E-state index in [1.807, 2.05) is 4.90 Å². The topological polar surface area (TPSA) is 73.1 Å². The van der Waals surface area contributed by atoms with Gasteiger partial charge >= 0.3 is 0 Å². The molecule has 0 spiro atoms. The Hall–Kier alpha value is -2.44. The van der Waals surface area contributed by atoms with Gasteiger partial charge in [0.2, 0.25) is 0 Å². The smallest absolute Gasteiger partial charge is 0.254 e. The third kappa shape index (κ3) is 3.11. The summed E-state index contributed by atoms with van der Waals surface area (Å²) in [5.41, 5.74) is 1.28. The van der Waals surface area contributed by atoms with E-state index in [9.17, 15) is 4.79 Å². The van der Waals surface area contributed by atoms with Gasteiger partial charge in [0.05, 0.1) is 7.11 Å². The first-order valence-corrected chi connectivity index (χ1v) is 8.27. The van der Waals surface area contributed by atoms with E-state index in [0.717, 1.165) is 12.8 Å². The molecule has 1 aliphatic rings. The van der Waals surface area contributed by atoms with Gasteiger partial charge in [-0.2, -0.15) is 4.68 Å². The van der Waals surface area contributed by atoms with Gasteiger partial charge in [-0.15, -0.1) is 5.10 Å². The maximum atomic E-state index is 13.1. The molecule has 0 radical (unpaired) electrons. The fraction of sp³-hybridized carbons (Fsp3) is 0.529. The molecule has 7 nitrogen and oxygen atoms in total. The summed E-state index contributed by atoms with van der Waals surface area (Å²) in [5, 5.41) is 11.2. The van der Waals surface area contributed by atoms with Crippen LogP contribution in [0.5, 0.6) is 5.75 Å². The predicted octanol–water partition coefficient (Wildman–Crippen LogP) is 2.32. The van der Waals surface area contributed by atoms with Crippen LogP contribution in [0.15, 0.2) is 24.5 Å². The molecule has 1 aromatic heterocycles. The van der Waals surface area contributed by atoms with E-state index < -0.39 is 0 Å². The number of tetrazole rings is 1. The molecule has 1 aromatic carbocycles. The lowest BCUT2D eigenvalue weighted by Gasteiger charge is -2.32. The van der Waals surface area contributed by atoms with Crippen molar-refractivity contribution in [1.82, 2.24) is 25.1 Å². The molecule has 0 bridgehead atoms. The molecular weight excluding hydrogens is 306 g/mol. The van der Waals surface area contributed by atoms with E-state index >= 15 is 0 Å². The lowest BCUT2D eigenvalue weighted by Crippen LogP contribution is -2.43. The Morgan fingerprint density at radius 1 is 1.33 bits per heavy atom. The highest BCUT2D eigenvalue weighted by Gasteiger charge is 2.37. The Morgan fingerprint density at radius 3 is 2.62 bits per heavy atom. The lowest BCUT2D eigenvalue weighted by atomic mass is 10.0. The van der Waals surface area contributed by atoms with Gasteiger partial charge in [-0.1, -0.05) is 13.8 Å². The summed E-state index contributed by atoms with van der Waals surface area (Å²) in [7, 11) is 1.59. The average Bonchev–Trinajstić information content (AvgIpc) is 3.26. The lowest BCUT2D eigenvalue weighted by molar-refractivity contribution is 0.0628. The first kappa shape index (κ1) is 16.4. The zero-order valence-corrected chi connectivity index (χ0v) is 14.5. The Labute approximate surface area is 141 Å². The Kier molecular flexibility index (Phi) is 4.51. The summed E-state index contributed by atoms with van der Waals surface area (Å²) in [5.74, 6) is 1.08. The van der Waals surface area contributed by atoms with Crippen LogP contribution in [0.2, 0.25) is 0 Å². The number of aromatic nitrogens is 4. The summed E-state index contributed by atoms with van der Waals surface area (Å²) in [6.45, 7) is 6.41. The minimum Gasteiger partial charge on any atom is -0.494 e. The van der Waals surface area contributed by atoms with Crippen molar-refractivity contribution in [3.05, 3.63) is 30.1 Å². The molecule has 1 aliphatic carbocycles. The van der Waals surface area contributed by atoms with Crippen LogP contribution >= 0.6 is 0 Å². The number of ether oxygens (including phenoxy) is 1. The molecule has 0 unspecified atom stereocenters. The standard InChI is InChI=1S/C17H23N5O2/c1-11(2)12(3)22(14-6-7-14)17(23)13-5-8-16(24-4)15(9-13)21-10-18-19-20-21/h5,8-12,14H,6-7H2,1-4H3/t12-/m1/s1. The second kappa shape index (κ2) is 6.59. The first-order valence-electron chi connectivity index (χ1n) is 8.27. The summed E-state index contributed by atoms with van der Waals surface area (Å²) in [4.78, 5) is 15.1. The summed E-state index contributed by atoms with van der Waals surface area (Å²) in [6, 6.07) is 5.93. The normalized spacial score (nSPS) is 15.4. The van der Waals surface area contributed by atoms with Gasteiger partial charge < -0.3 is 9.64 Å². The highest BCUT2D eigenvalue weighted by molar-refractivity contribution is 5.95. The van der Waals surface area contributed by atoms with E-state index in [-0.39, 0.29) is 11.9 Å². The van der Waals surface area contributed by atoms with E-state index in [0.29, 0.717) is 29.0 Å². The molecule has 0 aliphatic heterocycles. The third-order valence-corrected chi connectivity index (χ3v) is 4.60. The van der Waals surface area contributed by atoms with Gasteiger partial charge in [0.1, 0.15) is 17.8 Å². The largest absolute Gasteiger partial charge is 0.494 e. The zero-order chi connectivity index (χ0) is 17.3. The summed E-state index contributed by atoms with van der Waals surface area (Å²) >= 11 is 0. The van der Waals surface area contributed by atoms with Gasteiger partial charge in [-0.05, 0) is 54.3 Å². The van der Waals surface area contributed by atoms with Crippen molar-refractivity contribution in [2.45, 2.75) is 45.7 Å². The summed E-state index contributed by atoms with van der Waals surface area (Å²) < 4.78 is 6.87. The molecule has 1 fully saturated rings. The van der Waals surface area contributed by atoms with Crippen LogP contribution < -0.4 is 4.74 Å². The molecule has 1 heterocycles. The minimum atomic E-state index is 0.0516. The second-order valence-electron chi connectivity index (χ2n) is 6.57. The summed E-state index contributed by atoms with van der Waals surface area (Å²) in [6.07, 6.45) is 3.65. The van der Waals surface area contributed by atoms with Gasteiger partial charge in [0, 0.05) is 17.6 Å². The van der Waals surface area contributed by atoms with Gasteiger partial charge in [0.15, 0.2) is 0 Å². The maximum Gasteiger partial charge on any atom is 0.254 e. The highest BCUT2D eigenvalue weighted by atomic mass is 16.5. The van der Waals surface area contributed by atoms with Crippen LogP contribution in [0.4, 0.5) is 0 Å². The molecule has 0 saturated heterocycles. The van der Waals surface area contributed by atoms with Crippen LogP contribution in [0.25, 0.3) is 5.69 Å². The molecular formula is C17H23N5O2. The monoisotopic (exact) mass is 329 g/mol. The number of carbonyl (C=O) groups excluding carboxylic acids is 1. The number of carbonyl (C=O) groups is 1. The molecule has 0 N–H and O–H groups in total. The van der Waals surface area contributed by atoms with Crippen LogP contribution in [-0.4, -0.2) is 50.2 Å². The Bertz CT molecular complexity index is 710. The molecule has 2 aromatic rings. The molecule has 1 atom stereocenters. The third-order valence-electron chi connectivity index (χ3n) is 4.60. The zero-order valence-electron chi connectivity index (χ0n) is 14.5. The average molecular weight is 329 g/mol. The second-order valence-corrected chi connectivity index (χ2v) is 6.57.